The van der Waals surface area contributed by atoms with Crippen LogP contribution in [0.15, 0.2) is 53.3 Å². The predicted octanol–water partition coefficient (Wildman–Crippen LogP) is 2.87. The molecule has 4 rings (SSSR count). The average Bonchev–Trinajstić information content (AvgIpc) is 2.52. The van der Waals surface area contributed by atoms with Crippen LogP contribution in [-0.4, -0.2) is 9.78 Å². The Labute approximate surface area is 116 Å². The summed E-state index contributed by atoms with van der Waals surface area (Å²) < 4.78 is 1.53. The van der Waals surface area contributed by atoms with E-state index in [1.54, 1.807) is 0 Å². The molecule has 0 bridgehead atoms. The van der Waals surface area contributed by atoms with Crippen LogP contribution in [0.5, 0.6) is 0 Å². The third kappa shape index (κ3) is 1.59. The summed E-state index contributed by atoms with van der Waals surface area (Å²) in [4.78, 5) is 12.7. The minimum absolute atomic E-state index is 0.0290. The second-order valence-electron chi connectivity index (χ2n) is 5.19. The van der Waals surface area contributed by atoms with Crippen molar-refractivity contribution < 1.29 is 0 Å². The van der Waals surface area contributed by atoms with E-state index in [4.69, 9.17) is 0 Å². The van der Waals surface area contributed by atoms with Gasteiger partial charge in [0.2, 0.25) is 0 Å². The number of hydrogen-bond acceptors (Lipinski definition) is 2. The fourth-order valence-corrected chi connectivity index (χ4v) is 3.02. The van der Waals surface area contributed by atoms with Gasteiger partial charge in [0.1, 0.15) is 0 Å². The Kier molecular flexibility index (Phi) is 2.46. The molecule has 0 N–H and O–H groups in total. The van der Waals surface area contributed by atoms with Gasteiger partial charge < -0.3 is 0 Å². The molecule has 0 aliphatic heterocycles. The van der Waals surface area contributed by atoms with Crippen LogP contribution in [-0.2, 0) is 12.8 Å². The van der Waals surface area contributed by atoms with E-state index in [1.807, 2.05) is 42.5 Å². The minimum atomic E-state index is -0.0290. The number of hydrogen-bond donors (Lipinski definition) is 0. The van der Waals surface area contributed by atoms with E-state index in [-0.39, 0.29) is 5.56 Å². The molecule has 98 valence electrons. The molecule has 0 atom stereocenters. The Bertz CT molecular complexity index is 850. The monoisotopic (exact) mass is 262 g/mol. The van der Waals surface area contributed by atoms with Crippen molar-refractivity contribution in [2.75, 3.05) is 0 Å². The Hall–Kier alpha value is -2.42. The van der Waals surface area contributed by atoms with Crippen molar-refractivity contribution in [3.63, 3.8) is 0 Å². The van der Waals surface area contributed by atoms with Crippen molar-refractivity contribution in [2.24, 2.45) is 0 Å². The van der Waals surface area contributed by atoms with Crippen molar-refractivity contribution in [3.05, 3.63) is 70.1 Å². The van der Waals surface area contributed by atoms with E-state index >= 15 is 0 Å². The summed E-state index contributed by atoms with van der Waals surface area (Å²) in [6.45, 7) is 0. The van der Waals surface area contributed by atoms with Crippen LogP contribution in [0.25, 0.3) is 16.5 Å². The summed E-state index contributed by atoms with van der Waals surface area (Å²) in [6, 6.07) is 15.6. The topological polar surface area (TPSA) is 34.9 Å². The zero-order valence-electron chi connectivity index (χ0n) is 11.0. The number of para-hydroxylation sites is 1. The van der Waals surface area contributed by atoms with E-state index in [0.29, 0.717) is 0 Å². The lowest BCUT2D eigenvalue weighted by Gasteiger charge is -2.17. The van der Waals surface area contributed by atoms with Crippen molar-refractivity contribution in [1.82, 2.24) is 9.78 Å². The molecule has 3 nitrogen and oxygen atoms in total. The predicted molar refractivity (Wildman–Crippen MR) is 79.4 cm³/mol. The number of aromatic nitrogens is 2. The Morgan fingerprint density at radius 1 is 0.950 bits per heavy atom. The molecule has 20 heavy (non-hydrogen) atoms. The molecule has 0 amide bonds. The largest absolute Gasteiger partial charge is 0.279 e. The Morgan fingerprint density at radius 2 is 1.80 bits per heavy atom. The van der Waals surface area contributed by atoms with Gasteiger partial charge in [0, 0.05) is 5.39 Å². The SMILES string of the molecule is O=c1c2cccc3c2c(nn1-c1ccccc1)CCC3. The van der Waals surface area contributed by atoms with Crippen LogP contribution in [0, 0.1) is 0 Å². The normalized spacial score (nSPS) is 13.6. The zero-order valence-corrected chi connectivity index (χ0v) is 11.0. The minimum Gasteiger partial charge on any atom is -0.267 e. The molecule has 0 saturated carbocycles. The molecular formula is C17H14N2O. The highest BCUT2D eigenvalue weighted by Crippen LogP contribution is 2.26. The first-order valence-corrected chi connectivity index (χ1v) is 6.94. The molecule has 1 aliphatic carbocycles. The van der Waals surface area contributed by atoms with Crippen LogP contribution in [0.4, 0.5) is 0 Å². The van der Waals surface area contributed by atoms with E-state index < -0.39 is 0 Å². The summed E-state index contributed by atoms with van der Waals surface area (Å²) in [6.07, 6.45) is 3.09. The van der Waals surface area contributed by atoms with Crippen LogP contribution >= 0.6 is 0 Å². The van der Waals surface area contributed by atoms with E-state index in [1.165, 1.54) is 10.2 Å². The summed E-state index contributed by atoms with van der Waals surface area (Å²) in [5.74, 6) is 0. The molecule has 1 heterocycles. The maximum atomic E-state index is 12.7. The summed E-state index contributed by atoms with van der Waals surface area (Å²) >= 11 is 0. The van der Waals surface area contributed by atoms with Gasteiger partial charge in [-0.3, -0.25) is 4.79 Å². The number of rotatable bonds is 1. The number of nitrogens with zero attached hydrogens (tertiary/aromatic N) is 2. The lowest BCUT2D eigenvalue weighted by molar-refractivity contribution is 0.718. The first-order valence-electron chi connectivity index (χ1n) is 6.94. The van der Waals surface area contributed by atoms with E-state index in [2.05, 4.69) is 11.2 Å². The van der Waals surface area contributed by atoms with Gasteiger partial charge in [0.25, 0.3) is 5.56 Å². The van der Waals surface area contributed by atoms with Gasteiger partial charge in [0.15, 0.2) is 0 Å². The third-order valence-corrected chi connectivity index (χ3v) is 3.94. The maximum absolute atomic E-state index is 12.7. The standard InChI is InChI=1S/C17H14N2O/c20-17-14-10-4-6-12-7-5-11-15(16(12)14)18-19(17)13-8-2-1-3-9-13/h1-4,6,8-10H,5,7,11H2. The molecule has 3 aromatic rings. The van der Waals surface area contributed by atoms with Crippen LogP contribution in [0.2, 0.25) is 0 Å². The van der Waals surface area contributed by atoms with Gasteiger partial charge in [0.05, 0.1) is 16.8 Å². The average molecular weight is 262 g/mol. The molecule has 0 spiro atoms. The lowest BCUT2D eigenvalue weighted by Crippen LogP contribution is -2.24. The lowest BCUT2D eigenvalue weighted by atomic mass is 9.93. The number of benzene rings is 2. The van der Waals surface area contributed by atoms with Crippen molar-refractivity contribution in [2.45, 2.75) is 19.3 Å². The Morgan fingerprint density at radius 3 is 2.65 bits per heavy atom. The van der Waals surface area contributed by atoms with Crippen LogP contribution < -0.4 is 5.56 Å². The highest BCUT2D eigenvalue weighted by Gasteiger charge is 2.17. The van der Waals surface area contributed by atoms with E-state index in [9.17, 15) is 4.79 Å². The van der Waals surface area contributed by atoms with Crippen LogP contribution in [0.1, 0.15) is 17.7 Å². The second-order valence-corrected chi connectivity index (χ2v) is 5.19. The molecule has 0 unspecified atom stereocenters. The van der Waals surface area contributed by atoms with Gasteiger partial charge >= 0.3 is 0 Å². The molecule has 0 saturated heterocycles. The Balaban J connectivity index is 2.11. The zero-order chi connectivity index (χ0) is 13.5. The van der Waals surface area contributed by atoms with Gasteiger partial charge in [-0.1, -0.05) is 30.3 Å². The molecular weight excluding hydrogens is 248 g/mol. The van der Waals surface area contributed by atoms with Crippen LogP contribution in [0.3, 0.4) is 0 Å². The van der Waals surface area contributed by atoms with Gasteiger partial charge in [-0.05, 0) is 43.0 Å². The summed E-state index contributed by atoms with van der Waals surface area (Å²) in [7, 11) is 0. The van der Waals surface area contributed by atoms with Gasteiger partial charge in [-0.25, -0.2) is 0 Å². The fourth-order valence-electron chi connectivity index (χ4n) is 3.02. The van der Waals surface area contributed by atoms with Crippen molar-refractivity contribution in [1.29, 1.82) is 0 Å². The first-order chi connectivity index (χ1) is 9.84. The first kappa shape index (κ1) is 11.4. The van der Waals surface area contributed by atoms with Gasteiger partial charge in [-0.2, -0.15) is 9.78 Å². The molecule has 3 heteroatoms. The molecule has 1 aliphatic rings. The summed E-state index contributed by atoms with van der Waals surface area (Å²) in [5, 5.41) is 6.47. The second kappa shape index (κ2) is 4.30. The number of aryl methyl sites for hydroxylation is 2. The van der Waals surface area contributed by atoms with E-state index in [0.717, 1.165) is 41.4 Å². The molecule has 1 aromatic heterocycles. The molecule has 2 aromatic carbocycles. The van der Waals surface area contributed by atoms with Crippen molar-refractivity contribution in [3.8, 4) is 5.69 Å². The van der Waals surface area contributed by atoms with Crippen molar-refractivity contribution >= 4 is 10.8 Å². The fraction of sp³-hybridized carbons (Fsp3) is 0.176. The highest BCUT2D eigenvalue weighted by atomic mass is 16.1. The maximum Gasteiger partial charge on any atom is 0.279 e. The highest BCUT2D eigenvalue weighted by molar-refractivity contribution is 5.87. The summed E-state index contributed by atoms with van der Waals surface area (Å²) in [5.41, 5.74) is 3.10. The quantitative estimate of drug-likeness (QED) is 0.676. The molecule has 0 fully saturated rings. The smallest absolute Gasteiger partial charge is 0.267 e. The molecule has 0 radical (unpaired) electrons. The third-order valence-electron chi connectivity index (χ3n) is 3.94. The van der Waals surface area contributed by atoms with Gasteiger partial charge in [-0.15, -0.1) is 0 Å².